The summed E-state index contributed by atoms with van der Waals surface area (Å²) in [6.07, 6.45) is -4.16. The molecule has 1 N–H and O–H groups in total. The Labute approximate surface area is 100 Å². The highest BCUT2D eigenvalue weighted by atomic mass is 79.9. The predicted octanol–water partition coefficient (Wildman–Crippen LogP) is 3.68. The third-order valence-corrected chi connectivity index (χ3v) is 5.03. The molecule has 0 aromatic carbocycles. The molecule has 1 saturated carbocycles. The Morgan fingerprint density at radius 2 is 1.73 bits per heavy atom. The molecule has 0 spiro atoms. The molecule has 90 valence electrons. The molecular weight excluding hydrogens is 296 g/mol. The van der Waals surface area contributed by atoms with Crippen LogP contribution in [0.15, 0.2) is 0 Å². The largest absolute Gasteiger partial charge is 0.420 e. The lowest BCUT2D eigenvalue weighted by atomic mass is 9.90. The van der Waals surface area contributed by atoms with Crippen molar-refractivity contribution in [1.29, 1.82) is 0 Å². The zero-order valence-electron chi connectivity index (χ0n) is 8.62. The molecule has 1 rings (SSSR count). The predicted molar refractivity (Wildman–Crippen MR) is 56.1 cm³/mol. The van der Waals surface area contributed by atoms with Gasteiger partial charge in [0, 0.05) is 0 Å². The second kappa shape index (κ2) is 3.26. The Hall–Kier alpha value is 0.520. The SMILES string of the molecule is CC1(C)CC1C(C)(O)C(Cl)(Br)C(F)(F)F. The lowest BCUT2D eigenvalue weighted by Crippen LogP contribution is -2.55. The van der Waals surface area contributed by atoms with E-state index in [1.54, 1.807) is 0 Å². The van der Waals surface area contributed by atoms with Crippen LogP contribution in [0.3, 0.4) is 0 Å². The number of hydrogen-bond donors (Lipinski definition) is 1. The van der Waals surface area contributed by atoms with Crippen LogP contribution in [-0.2, 0) is 0 Å². The highest BCUT2D eigenvalue weighted by Crippen LogP contribution is 2.64. The van der Waals surface area contributed by atoms with E-state index >= 15 is 0 Å². The maximum atomic E-state index is 12.6. The molecule has 1 fully saturated rings. The van der Waals surface area contributed by atoms with Gasteiger partial charge in [-0.05, 0) is 24.7 Å². The molecule has 0 aliphatic heterocycles. The van der Waals surface area contributed by atoms with Crippen molar-refractivity contribution in [2.24, 2.45) is 11.3 Å². The molecule has 0 aromatic heterocycles. The molecular formula is C9H13BrClF3O. The minimum atomic E-state index is -4.70. The van der Waals surface area contributed by atoms with E-state index in [1.807, 2.05) is 13.8 Å². The number of hydrogen-bond acceptors (Lipinski definition) is 1. The fourth-order valence-electron chi connectivity index (χ4n) is 1.93. The minimum Gasteiger partial charge on any atom is -0.387 e. The maximum Gasteiger partial charge on any atom is 0.420 e. The molecule has 1 nitrogen and oxygen atoms in total. The van der Waals surface area contributed by atoms with Gasteiger partial charge in [0.2, 0.25) is 3.78 Å². The highest BCUT2D eigenvalue weighted by molar-refractivity contribution is 9.10. The maximum absolute atomic E-state index is 12.6. The van der Waals surface area contributed by atoms with E-state index in [0.29, 0.717) is 6.42 Å². The molecule has 0 bridgehead atoms. The van der Waals surface area contributed by atoms with E-state index in [-0.39, 0.29) is 5.41 Å². The Kier molecular flexibility index (Phi) is 2.96. The molecule has 0 aromatic rings. The second-order valence-corrected chi connectivity index (χ2v) is 7.18. The van der Waals surface area contributed by atoms with Gasteiger partial charge in [-0.2, -0.15) is 13.2 Å². The summed E-state index contributed by atoms with van der Waals surface area (Å²) in [5.74, 6) is -0.455. The first-order valence-electron chi connectivity index (χ1n) is 4.51. The number of alkyl halides is 5. The number of aliphatic hydroxyl groups is 1. The summed E-state index contributed by atoms with van der Waals surface area (Å²) in [5, 5.41) is 9.95. The Morgan fingerprint density at radius 1 is 1.40 bits per heavy atom. The second-order valence-electron chi connectivity index (χ2n) is 4.96. The van der Waals surface area contributed by atoms with Crippen molar-refractivity contribution in [3.63, 3.8) is 0 Å². The molecule has 3 atom stereocenters. The van der Waals surface area contributed by atoms with Crippen molar-refractivity contribution in [2.45, 2.75) is 42.8 Å². The van der Waals surface area contributed by atoms with E-state index in [9.17, 15) is 18.3 Å². The molecule has 6 heteroatoms. The van der Waals surface area contributed by atoms with E-state index < -0.39 is 21.5 Å². The van der Waals surface area contributed by atoms with Gasteiger partial charge in [0.15, 0.2) is 0 Å². The molecule has 3 unspecified atom stereocenters. The van der Waals surface area contributed by atoms with Crippen LogP contribution in [0.25, 0.3) is 0 Å². The van der Waals surface area contributed by atoms with Gasteiger partial charge in [0.25, 0.3) is 0 Å². The van der Waals surface area contributed by atoms with Crippen LogP contribution < -0.4 is 0 Å². The summed E-state index contributed by atoms with van der Waals surface area (Å²) in [5.41, 5.74) is -2.31. The van der Waals surface area contributed by atoms with Gasteiger partial charge in [-0.1, -0.05) is 41.4 Å². The van der Waals surface area contributed by atoms with Gasteiger partial charge in [0.05, 0.1) is 0 Å². The topological polar surface area (TPSA) is 20.2 Å². The zero-order chi connectivity index (χ0) is 12.3. The molecule has 15 heavy (non-hydrogen) atoms. The first-order valence-corrected chi connectivity index (χ1v) is 5.68. The Morgan fingerprint density at radius 3 is 1.93 bits per heavy atom. The fraction of sp³-hybridized carbons (Fsp3) is 1.00. The highest BCUT2D eigenvalue weighted by Gasteiger charge is 2.70. The van der Waals surface area contributed by atoms with Crippen LogP contribution in [0.2, 0.25) is 0 Å². The third kappa shape index (κ3) is 2.03. The van der Waals surface area contributed by atoms with Crippen molar-refractivity contribution in [3.05, 3.63) is 0 Å². The lowest BCUT2D eigenvalue weighted by Gasteiger charge is -2.38. The van der Waals surface area contributed by atoms with Crippen LogP contribution >= 0.6 is 27.5 Å². The number of halogens is 5. The summed E-state index contributed by atoms with van der Waals surface area (Å²) in [6.45, 7) is 4.74. The van der Waals surface area contributed by atoms with E-state index in [2.05, 4.69) is 15.9 Å². The van der Waals surface area contributed by atoms with Crippen molar-refractivity contribution in [2.75, 3.05) is 0 Å². The normalized spacial score (nSPS) is 33.0. The van der Waals surface area contributed by atoms with Crippen LogP contribution in [0.4, 0.5) is 13.2 Å². The first-order chi connectivity index (χ1) is 6.34. The van der Waals surface area contributed by atoms with Crippen molar-refractivity contribution >= 4 is 27.5 Å². The van der Waals surface area contributed by atoms with Crippen molar-refractivity contribution in [1.82, 2.24) is 0 Å². The Bertz CT molecular complexity index is 273. The molecule has 1 aliphatic carbocycles. The monoisotopic (exact) mass is 308 g/mol. The number of rotatable bonds is 2. The quantitative estimate of drug-likeness (QED) is 0.772. The van der Waals surface area contributed by atoms with Crippen LogP contribution in [0.5, 0.6) is 0 Å². The zero-order valence-corrected chi connectivity index (χ0v) is 11.0. The van der Waals surface area contributed by atoms with Gasteiger partial charge in [0.1, 0.15) is 5.60 Å². The van der Waals surface area contributed by atoms with E-state index in [4.69, 9.17) is 11.6 Å². The molecule has 0 saturated heterocycles. The Balaban J connectivity index is 2.97. The third-order valence-electron chi connectivity index (χ3n) is 3.18. The molecule has 0 amide bonds. The molecule has 0 heterocycles. The van der Waals surface area contributed by atoms with E-state index in [0.717, 1.165) is 6.92 Å². The summed E-state index contributed by atoms with van der Waals surface area (Å²) in [7, 11) is 0. The van der Waals surface area contributed by atoms with Crippen LogP contribution in [0, 0.1) is 11.3 Å². The summed E-state index contributed by atoms with van der Waals surface area (Å²) < 4.78 is 35.1. The lowest BCUT2D eigenvalue weighted by molar-refractivity contribution is -0.182. The summed E-state index contributed by atoms with van der Waals surface area (Å²) in [4.78, 5) is 0. The molecule has 0 radical (unpaired) electrons. The summed E-state index contributed by atoms with van der Waals surface area (Å²) >= 11 is 7.81. The van der Waals surface area contributed by atoms with Gasteiger partial charge in [-0.3, -0.25) is 0 Å². The summed E-state index contributed by atoms with van der Waals surface area (Å²) in [6, 6.07) is 0. The van der Waals surface area contributed by atoms with Crippen LogP contribution in [0.1, 0.15) is 27.2 Å². The van der Waals surface area contributed by atoms with E-state index in [1.165, 1.54) is 0 Å². The average Bonchev–Trinajstić information content (AvgIpc) is 2.57. The first kappa shape index (κ1) is 13.6. The van der Waals surface area contributed by atoms with Gasteiger partial charge in [-0.25, -0.2) is 0 Å². The fourth-order valence-corrected chi connectivity index (χ4v) is 2.34. The van der Waals surface area contributed by atoms with Gasteiger partial charge >= 0.3 is 6.18 Å². The van der Waals surface area contributed by atoms with Crippen molar-refractivity contribution in [3.8, 4) is 0 Å². The van der Waals surface area contributed by atoms with Gasteiger partial charge in [-0.15, -0.1) is 0 Å². The standard InChI is InChI=1S/C9H13BrClF3O/c1-6(2)4-5(6)7(3,15)8(10,11)9(12,13)14/h5,15H,4H2,1-3H3. The minimum absolute atomic E-state index is 0.289. The average molecular weight is 310 g/mol. The molecule has 1 aliphatic rings. The smallest absolute Gasteiger partial charge is 0.387 e. The van der Waals surface area contributed by atoms with Gasteiger partial charge < -0.3 is 5.11 Å². The van der Waals surface area contributed by atoms with Crippen molar-refractivity contribution < 1.29 is 18.3 Å². The van der Waals surface area contributed by atoms with Crippen LogP contribution in [-0.4, -0.2) is 20.7 Å².